The average molecular weight is 393 g/mol. The van der Waals surface area contributed by atoms with Crippen molar-refractivity contribution in [3.63, 3.8) is 0 Å². The van der Waals surface area contributed by atoms with Gasteiger partial charge < -0.3 is 15.0 Å². The number of amides is 2. The highest BCUT2D eigenvalue weighted by Gasteiger charge is 2.36. The van der Waals surface area contributed by atoms with E-state index in [1.54, 1.807) is 23.1 Å². The lowest BCUT2D eigenvalue weighted by atomic mass is 10.1. The number of benzene rings is 2. The van der Waals surface area contributed by atoms with Gasteiger partial charge in [-0.3, -0.25) is 9.59 Å². The fourth-order valence-corrected chi connectivity index (χ4v) is 3.36. The Labute approximate surface area is 161 Å². The molecule has 26 heavy (non-hydrogen) atoms. The Bertz CT molecular complexity index is 841. The number of anilines is 2. The third-order valence-electron chi connectivity index (χ3n) is 4.14. The van der Waals surface area contributed by atoms with Crippen LogP contribution in [0.1, 0.15) is 13.3 Å². The van der Waals surface area contributed by atoms with Crippen molar-refractivity contribution in [2.45, 2.75) is 13.3 Å². The zero-order valence-electron chi connectivity index (χ0n) is 14.2. The van der Waals surface area contributed by atoms with Crippen molar-refractivity contribution in [2.24, 2.45) is 5.92 Å². The fourth-order valence-electron chi connectivity index (χ4n) is 2.90. The molecule has 1 aliphatic rings. The van der Waals surface area contributed by atoms with Crippen LogP contribution in [0.3, 0.4) is 0 Å². The molecule has 0 radical (unpaired) electrons. The second-order valence-corrected chi connectivity index (χ2v) is 6.76. The van der Waals surface area contributed by atoms with E-state index in [-0.39, 0.29) is 18.2 Å². The van der Waals surface area contributed by atoms with Crippen LogP contribution in [-0.2, 0) is 9.59 Å². The van der Waals surface area contributed by atoms with E-state index in [9.17, 15) is 9.59 Å². The summed E-state index contributed by atoms with van der Waals surface area (Å²) < 4.78 is 5.59. The first-order valence-corrected chi connectivity index (χ1v) is 9.03. The minimum absolute atomic E-state index is 0.112. The second kappa shape index (κ2) is 7.98. The lowest BCUT2D eigenvalue weighted by Gasteiger charge is -2.20. The molecule has 1 saturated heterocycles. The number of rotatable bonds is 5. The summed E-state index contributed by atoms with van der Waals surface area (Å²) in [6.07, 6.45) is 0.136. The Hall–Kier alpha value is -2.24. The maximum atomic E-state index is 12.6. The van der Waals surface area contributed by atoms with Crippen molar-refractivity contribution in [3.8, 4) is 5.75 Å². The van der Waals surface area contributed by atoms with Crippen molar-refractivity contribution in [1.29, 1.82) is 0 Å². The molecule has 1 atom stereocenters. The first kappa shape index (κ1) is 18.5. The molecule has 1 N–H and O–H groups in total. The van der Waals surface area contributed by atoms with E-state index >= 15 is 0 Å². The highest BCUT2D eigenvalue weighted by Crippen LogP contribution is 2.34. The van der Waals surface area contributed by atoms with Crippen LogP contribution in [0, 0.1) is 5.92 Å². The molecule has 2 aromatic rings. The van der Waals surface area contributed by atoms with Crippen LogP contribution in [0.15, 0.2) is 42.5 Å². The van der Waals surface area contributed by atoms with E-state index in [0.717, 1.165) is 0 Å². The molecule has 0 bridgehead atoms. The van der Waals surface area contributed by atoms with E-state index < -0.39 is 5.92 Å². The van der Waals surface area contributed by atoms with Crippen molar-refractivity contribution in [1.82, 2.24) is 0 Å². The topological polar surface area (TPSA) is 58.6 Å². The van der Waals surface area contributed by atoms with Gasteiger partial charge in [-0.1, -0.05) is 35.3 Å². The van der Waals surface area contributed by atoms with E-state index in [4.69, 9.17) is 27.9 Å². The molecular formula is C19H18Cl2N2O3. The van der Waals surface area contributed by atoms with Gasteiger partial charge >= 0.3 is 0 Å². The summed E-state index contributed by atoms with van der Waals surface area (Å²) in [5.41, 5.74) is 1.15. The Balaban J connectivity index is 1.74. The number of para-hydroxylation sites is 2. The van der Waals surface area contributed by atoms with Crippen molar-refractivity contribution in [3.05, 3.63) is 52.5 Å². The van der Waals surface area contributed by atoms with Crippen LogP contribution in [-0.4, -0.2) is 25.0 Å². The number of ether oxygens (including phenoxy) is 1. The van der Waals surface area contributed by atoms with Crippen LogP contribution in [0.25, 0.3) is 0 Å². The van der Waals surface area contributed by atoms with Gasteiger partial charge in [0.25, 0.3) is 0 Å². The van der Waals surface area contributed by atoms with E-state index in [1.807, 2.05) is 31.2 Å². The van der Waals surface area contributed by atoms with Gasteiger partial charge in [-0.05, 0) is 37.3 Å². The van der Waals surface area contributed by atoms with E-state index in [1.165, 1.54) is 0 Å². The zero-order valence-corrected chi connectivity index (χ0v) is 15.7. The minimum atomic E-state index is -0.469. The maximum Gasteiger partial charge on any atom is 0.229 e. The predicted molar refractivity (Wildman–Crippen MR) is 103 cm³/mol. The molecule has 0 spiro atoms. The SMILES string of the molecule is CCOc1ccccc1N1CC(C(=O)Nc2ccc(Cl)cc2Cl)CC1=O. The molecule has 2 amide bonds. The number of nitrogens with one attached hydrogen (secondary N) is 1. The van der Waals surface area contributed by atoms with Gasteiger partial charge in [-0.15, -0.1) is 0 Å². The Kier molecular flexibility index (Phi) is 5.69. The van der Waals surface area contributed by atoms with Gasteiger partial charge in [-0.2, -0.15) is 0 Å². The van der Waals surface area contributed by atoms with E-state index in [2.05, 4.69) is 5.32 Å². The highest BCUT2D eigenvalue weighted by molar-refractivity contribution is 6.36. The second-order valence-electron chi connectivity index (χ2n) is 5.92. The van der Waals surface area contributed by atoms with Crippen molar-refractivity contribution >= 4 is 46.4 Å². The summed E-state index contributed by atoms with van der Waals surface area (Å²) in [5.74, 6) is -0.201. The van der Waals surface area contributed by atoms with Gasteiger partial charge in [0, 0.05) is 18.0 Å². The number of carbonyl (C=O) groups is 2. The number of hydrogen-bond donors (Lipinski definition) is 1. The molecule has 3 rings (SSSR count). The first-order valence-electron chi connectivity index (χ1n) is 8.27. The maximum absolute atomic E-state index is 12.6. The third kappa shape index (κ3) is 3.94. The lowest BCUT2D eigenvalue weighted by molar-refractivity contribution is -0.122. The molecule has 1 fully saturated rings. The number of halogens is 2. The van der Waals surface area contributed by atoms with Gasteiger partial charge in [-0.25, -0.2) is 0 Å². The molecule has 136 valence electrons. The van der Waals surface area contributed by atoms with Gasteiger partial charge in [0.05, 0.1) is 28.9 Å². The molecule has 7 heteroatoms. The molecule has 1 unspecified atom stereocenters. The van der Waals surface area contributed by atoms with Crippen LogP contribution in [0.5, 0.6) is 5.75 Å². The monoisotopic (exact) mass is 392 g/mol. The summed E-state index contributed by atoms with van der Waals surface area (Å²) in [4.78, 5) is 26.6. The van der Waals surface area contributed by atoms with Crippen LogP contribution >= 0.6 is 23.2 Å². The quantitative estimate of drug-likeness (QED) is 0.820. The van der Waals surface area contributed by atoms with Crippen molar-refractivity contribution in [2.75, 3.05) is 23.4 Å². The number of nitrogens with zero attached hydrogens (tertiary/aromatic N) is 1. The predicted octanol–water partition coefficient (Wildman–Crippen LogP) is 4.38. The highest BCUT2D eigenvalue weighted by atomic mass is 35.5. The Morgan fingerprint density at radius 3 is 2.77 bits per heavy atom. The molecule has 1 heterocycles. The van der Waals surface area contributed by atoms with Crippen molar-refractivity contribution < 1.29 is 14.3 Å². The zero-order chi connectivity index (χ0) is 18.7. The van der Waals surface area contributed by atoms with Crippen LogP contribution in [0.2, 0.25) is 10.0 Å². The lowest BCUT2D eigenvalue weighted by Crippen LogP contribution is -2.28. The molecule has 2 aromatic carbocycles. The smallest absolute Gasteiger partial charge is 0.229 e. The molecular weight excluding hydrogens is 375 g/mol. The first-order chi connectivity index (χ1) is 12.5. The fraction of sp³-hybridized carbons (Fsp3) is 0.263. The number of hydrogen-bond acceptors (Lipinski definition) is 3. The molecule has 0 aromatic heterocycles. The summed E-state index contributed by atoms with van der Waals surface area (Å²) in [7, 11) is 0. The van der Waals surface area contributed by atoms with Gasteiger partial charge in [0.1, 0.15) is 5.75 Å². The summed E-state index contributed by atoms with van der Waals surface area (Å²) in [6, 6.07) is 12.2. The summed E-state index contributed by atoms with van der Waals surface area (Å²) >= 11 is 12.0. The number of carbonyl (C=O) groups excluding carboxylic acids is 2. The normalized spacial score (nSPS) is 16.7. The summed E-state index contributed by atoms with van der Waals surface area (Å²) in [5, 5.41) is 3.62. The van der Waals surface area contributed by atoms with Gasteiger partial charge in [0.15, 0.2) is 0 Å². The average Bonchev–Trinajstić information content (AvgIpc) is 3.00. The molecule has 1 aliphatic heterocycles. The van der Waals surface area contributed by atoms with Crippen LogP contribution < -0.4 is 15.0 Å². The largest absolute Gasteiger partial charge is 0.492 e. The molecule has 0 saturated carbocycles. The standard InChI is InChI=1S/C19H18Cl2N2O3/c1-2-26-17-6-4-3-5-16(17)23-11-12(9-18(23)24)19(25)22-15-8-7-13(20)10-14(15)21/h3-8,10,12H,2,9,11H2,1H3,(H,22,25). The minimum Gasteiger partial charge on any atom is -0.492 e. The Morgan fingerprint density at radius 1 is 1.27 bits per heavy atom. The summed E-state index contributed by atoms with van der Waals surface area (Å²) in [6.45, 7) is 2.67. The van der Waals surface area contributed by atoms with Gasteiger partial charge in [0.2, 0.25) is 11.8 Å². The molecule has 0 aliphatic carbocycles. The van der Waals surface area contributed by atoms with Crippen LogP contribution in [0.4, 0.5) is 11.4 Å². The van der Waals surface area contributed by atoms with E-state index in [0.29, 0.717) is 40.3 Å². The molecule has 5 nitrogen and oxygen atoms in total. The third-order valence-corrected chi connectivity index (χ3v) is 4.69. The Morgan fingerprint density at radius 2 is 2.04 bits per heavy atom.